The molecule has 0 fully saturated rings. The molecule has 2 aromatic carbocycles. The second kappa shape index (κ2) is 9.62. The Labute approximate surface area is 207 Å². The first-order chi connectivity index (χ1) is 16.5. The maximum absolute atomic E-state index is 14.5. The van der Waals surface area contributed by atoms with E-state index in [1.165, 1.54) is 32.9 Å². The van der Waals surface area contributed by atoms with Gasteiger partial charge in [-0.15, -0.1) is 0 Å². The van der Waals surface area contributed by atoms with Crippen LogP contribution in [0.3, 0.4) is 0 Å². The summed E-state index contributed by atoms with van der Waals surface area (Å²) in [6.07, 6.45) is -11.8. The number of carboxylic acid groups (broad SMARTS) is 1. The first-order valence-corrected chi connectivity index (χ1v) is 12.4. The molecule has 0 radical (unpaired) electrons. The number of carboxylic acids is 1. The molecule has 0 aliphatic heterocycles. The summed E-state index contributed by atoms with van der Waals surface area (Å²) >= 11 is 0. The summed E-state index contributed by atoms with van der Waals surface area (Å²) in [6, 6.07) is 4.74. The van der Waals surface area contributed by atoms with Crippen molar-refractivity contribution in [2.75, 3.05) is 17.3 Å². The Hall–Kier alpha value is -3.16. The molecule has 1 amide bonds. The quantitative estimate of drug-likeness (QED) is 0.435. The highest BCUT2D eigenvalue weighted by atomic mass is 32.2. The van der Waals surface area contributed by atoms with Crippen molar-refractivity contribution in [2.24, 2.45) is 0 Å². The van der Waals surface area contributed by atoms with Crippen LogP contribution in [-0.2, 0) is 20.9 Å². The lowest BCUT2D eigenvalue weighted by Gasteiger charge is -2.30. The van der Waals surface area contributed by atoms with E-state index in [4.69, 9.17) is 0 Å². The van der Waals surface area contributed by atoms with Crippen LogP contribution in [-0.4, -0.2) is 49.8 Å². The number of anilines is 1. The average Bonchev–Trinajstić information content (AvgIpc) is 2.70. The van der Waals surface area contributed by atoms with Gasteiger partial charge in [-0.3, -0.25) is 4.79 Å². The largest absolute Gasteiger partial charge is 0.478 e. The number of halogens is 7. The number of sulfone groups is 1. The van der Waals surface area contributed by atoms with Gasteiger partial charge < -0.3 is 10.4 Å². The Morgan fingerprint density at radius 1 is 0.946 bits per heavy atom. The lowest BCUT2D eigenvalue weighted by atomic mass is 9.81. The Kier molecular flexibility index (Phi) is 7.81. The van der Waals surface area contributed by atoms with E-state index in [0.717, 1.165) is 18.4 Å². The van der Waals surface area contributed by atoms with Gasteiger partial charge >= 0.3 is 24.0 Å². The number of amides is 1. The first kappa shape index (κ1) is 30.1. The summed E-state index contributed by atoms with van der Waals surface area (Å²) in [7, 11) is -3.62. The van der Waals surface area contributed by atoms with E-state index in [-0.39, 0.29) is 23.3 Å². The van der Waals surface area contributed by atoms with E-state index in [9.17, 15) is 53.8 Å². The van der Waals surface area contributed by atoms with Crippen LogP contribution in [0.1, 0.15) is 51.3 Å². The van der Waals surface area contributed by atoms with Gasteiger partial charge in [-0.05, 0) is 30.2 Å². The third kappa shape index (κ3) is 6.05. The van der Waals surface area contributed by atoms with E-state index in [2.05, 4.69) is 0 Å². The fraction of sp³-hybridized carbons (Fsp3) is 0.391. The minimum absolute atomic E-state index is 0.0470. The number of benzene rings is 2. The first-order valence-electron chi connectivity index (χ1n) is 10.3. The maximum atomic E-state index is 14.5. The number of hydrogen-bond donors (Lipinski definition) is 2. The minimum Gasteiger partial charge on any atom is -0.478 e. The zero-order chi connectivity index (χ0) is 28.8. The molecule has 0 aliphatic carbocycles. The number of aromatic carboxylic acids is 1. The summed E-state index contributed by atoms with van der Waals surface area (Å²) in [4.78, 5) is 25.0. The van der Waals surface area contributed by atoms with Gasteiger partial charge in [0.1, 0.15) is 9.84 Å². The third-order valence-electron chi connectivity index (χ3n) is 5.54. The van der Waals surface area contributed by atoms with Crippen LogP contribution in [0.4, 0.5) is 36.4 Å². The lowest BCUT2D eigenvalue weighted by molar-refractivity contribution is -0.348. The fourth-order valence-electron chi connectivity index (χ4n) is 3.92. The second-order valence-corrected chi connectivity index (χ2v) is 11.3. The van der Waals surface area contributed by atoms with Gasteiger partial charge in [0.05, 0.1) is 16.9 Å². The number of carbonyl (C=O) groups is 2. The van der Waals surface area contributed by atoms with E-state index >= 15 is 0 Å². The van der Waals surface area contributed by atoms with Crippen molar-refractivity contribution >= 4 is 27.4 Å². The van der Waals surface area contributed by atoms with Crippen LogP contribution in [0.15, 0.2) is 36.4 Å². The summed E-state index contributed by atoms with van der Waals surface area (Å²) in [5.74, 6) is -3.37. The Morgan fingerprint density at radius 2 is 1.49 bits per heavy atom. The van der Waals surface area contributed by atoms with Crippen molar-refractivity contribution in [1.29, 1.82) is 0 Å². The second-order valence-electron chi connectivity index (χ2n) is 9.13. The molecular weight excluding hydrogens is 535 g/mol. The van der Waals surface area contributed by atoms with E-state index < -0.39 is 73.3 Å². The highest BCUT2D eigenvalue weighted by molar-refractivity contribution is 7.90. The smallest absolute Gasteiger partial charge is 0.435 e. The lowest BCUT2D eigenvalue weighted by Crippen LogP contribution is -2.50. The predicted octanol–water partition coefficient (Wildman–Crippen LogP) is 5.56. The molecule has 0 unspecified atom stereocenters. The Balaban J connectivity index is 2.64. The van der Waals surface area contributed by atoms with Crippen LogP contribution < -0.4 is 5.32 Å². The summed E-state index contributed by atoms with van der Waals surface area (Å²) in [5, 5.41) is 11.8. The molecule has 0 saturated carbocycles. The molecule has 0 atom stereocenters. The van der Waals surface area contributed by atoms with Crippen molar-refractivity contribution < 1.29 is 53.8 Å². The highest BCUT2D eigenvalue weighted by Crippen LogP contribution is 2.53. The van der Waals surface area contributed by atoms with Gasteiger partial charge in [0.15, 0.2) is 0 Å². The fourth-order valence-corrected chi connectivity index (χ4v) is 5.38. The van der Waals surface area contributed by atoms with Crippen molar-refractivity contribution in [1.82, 2.24) is 0 Å². The summed E-state index contributed by atoms with van der Waals surface area (Å²) in [6.45, 7) is 4.05. The molecule has 0 heterocycles. The van der Waals surface area contributed by atoms with Gasteiger partial charge in [-0.1, -0.05) is 38.1 Å². The Morgan fingerprint density at radius 3 is 1.95 bits per heavy atom. The molecule has 0 bridgehead atoms. The average molecular weight is 557 g/mol. The monoisotopic (exact) mass is 557 g/mol. The van der Waals surface area contributed by atoms with Crippen LogP contribution in [0.25, 0.3) is 0 Å². The van der Waals surface area contributed by atoms with Crippen LogP contribution in [0.2, 0.25) is 0 Å². The molecule has 0 spiro atoms. The van der Waals surface area contributed by atoms with Crippen molar-refractivity contribution in [3.05, 3.63) is 64.2 Å². The molecule has 37 heavy (non-hydrogen) atoms. The molecule has 6 nitrogen and oxygen atoms in total. The predicted molar refractivity (Wildman–Crippen MR) is 120 cm³/mol. The molecule has 0 aliphatic rings. The molecule has 2 aromatic rings. The molecule has 2 N–H and O–H groups in total. The van der Waals surface area contributed by atoms with Gasteiger partial charge in [0, 0.05) is 22.9 Å². The molecule has 14 heteroatoms. The van der Waals surface area contributed by atoms with Crippen LogP contribution >= 0.6 is 0 Å². The van der Waals surface area contributed by atoms with E-state index in [0.29, 0.717) is 0 Å². The van der Waals surface area contributed by atoms with Crippen LogP contribution in [0, 0.1) is 6.92 Å². The zero-order valence-electron chi connectivity index (χ0n) is 19.8. The van der Waals surface area contributed by atoms with E-state index in [1.807, 2.05) is 5.32 Å². The normalized spacial score (nSPS) is 13.4. The molecule has 2 rings (SSSR count). The number of carbonyl (C=O) groups excluding carboxylic acids is 1. The SMILES string of the molecule is Cc1ccc(C(F)(C(F)(F)F)C(F)(F)F)cc1NC(=O)c1cccc(C(C)(C)CS(C)(=O)=O)c1C(=O)O. The maximum Gasteiger partial charge on any atom is 0.435 e. The van der Waals surface area contributed by atoms with Crippen molar-refractivity contribution in [2.45, 2.75) is 44.2 Å². The molecule has 0 aromatic heterocycles. The number of alkyl halides is 7. The minimum atomic E-state index is -6.38. The van der Waals surface area contributed by atoms with Gasteiger partial charge in [-0.2, -0.15) is 26.3 Å². The molecular formula is C23H22F7NO5S. The highest BCUT2D eigenvalue weighted by Gasteiger charge is 2.73. The topological polar surface area (TPSA) is 101 Å². The zero-order valence-corrected chi connectivity index (χ0v) is 20.6. The number of hydrogen-bond acceptors (Lipinski definition) is 4. The summed E-state index contributed by atoms with van der Waals surface area (Å²) < 4.78 is 117. The van der Waals surface area contributed by atoms with Gasteiger partial charge in [0.2, 0.25) is 0 Å². The standard InChI is InChI=1S/C23H22F7NO5S/c1-12-8-9-13(21(24,22(25,26)27)23(28,29)30)10-16(12)31-18(32)14-6-5-7-15(17(14)19(33)34)20(2,3)11-37(4,35)36/h5-10H,11H2,1-4H3,(H,31,32)(H,33,34). The van der Waals surface area contributed by atoms with Gasteiger partial charge in [-0.25, -0.2) is 17.6 Å². The van der Waals surface area contributed by atoms with Crippen LogP contribution in [0.5, 0.6) is 0 Å². The molecule has 0 saturated heterocycles. The number of aryl methyl sites for hydroxylation is 1. The number of nitrogens with one attached hydrogen (secondary N) is 1. The van der Waals surface area contributed by atoms with E-state index in [1.54, 1.807) is 0 Å². The summed E-state index contributed by atoms with van der Waals surface area (Å²) in [5.41, 5.74) is -10.8. The van der Waals surface area contributed by atoms with Crippen molar-refractivity contribution in [3.8, 4) is 0 Å². The van der Waals surface area contributed by atoms with Gasteiger partial charge in [0.25, 0.3) is 5.91 Å². The number of rotatable bonds is 7. The Bertz CT molecular complexity index is 1320. The molecule has 204 valence electrons. The van der Waals surface area contributed by atoms with Crippen molar-refractivity contribution in [3.63, 3.8) is 0 Å². The third-order valence-corrected chi connectivity index (χ3v) is 6.79.